The van der Waals surface area contributed by atoms with Gasteiger partial charge in [-0.05, 0) is 44.0 Å². The second kappa shape index (κ2) is 5.06. The molecule has 4 heteroatoms. The first-order chi connectivity index (χ1) is 8.85. The number of hydrogen-bond donors (Lipinski definition) is 1. The molecule has 1 aliphatic rings. The fourth-order valence-corrected chi connectivity index (χ4v) is 2.87. The average Bonchev–Trinajstić information content (AvgIpc) is 2.81. The van der Waals surface area contributed by atoms with Crippen molar-refractivity contribution >= 4 is 11.2 Å². The molecule has 0 saturated carbocycles. The standard InChI is InChI=1S/C14H20N4/c1-2-18-8-4-5-11(10-18)9-13-16-12-6-3-7-15-14(12)17-13/h3,6-7,11H,2,4-5,8-10H2,1H3,(H,15,16,17). The Hall–Kier alpha value is -1.42. The Labute approximate surface area is 107 Å². The Bertz CT molecular complexity index is 486. The van der Waals surface area contributed by atoms with Gasteiger partial charge in [0.15, 0.2) is 5.65 Å². The predicted octanol–water partition coefficient (Wildman–Crippen LogP) is 2.23. The summed E-state index contributed by atoms with van der Waals surface area (Å²) in [4.78, 5) is 14.8. The van der Waals surface area contributed by atoms with Crippen molar-refractivity contribution in [1.29, 1.82) is 0 Å². The van der Waals surface area contributed by atoms with Crippen LogP contribution >= 0.6 is 0 Å². The van der Waals surface area contributed by atoms with E-state index in [1.54, 1.807) is 6.20 Å². The maximum atomic E-state index is 4.57. The third-order valence-corrected chi connectivity index (χ3v) is 3.84. The van der Waals surface area contributed by atoms with Crippen molar-refractivity contribution in [2.45, 2.75) is 26.2 Å². The van der Waals surface area contributed by atoms with Crippen LogP contribution in [0, 0.1) is 5.92 Å². The van der Waals surface area contributed by atoms with Crippen molar-refractivity contribution in [3.8, 4) is 0 Å². The number of rotatable bonds is 3. The van der Waals surface area contributed by atoms with Gasteiger partial charge in [-0.3, -0.25) is 0 Å². The molecule has 0 radical (unpaired) electrons. The summed E-state index contributed by atoms with van der Waals surface area (Å²) in [6.07, 6.45) is 5.48. The third kappa shape index (κ3) is 2.38. The number of H-pyrrole nitrogens is 1. The molecule has 3 rings (SSSR count). The van der Waals surface area contributed by atoms with E-state index in [1.165, 1.54) is 25.9 Å². The number of pyridine rings is 1. The number of nitrogens with zero attached hydrogens (tertiary/aromatic N) is 3. The van der Waals surface area contributed by atoms with Crippen molar-refractivity contribution in [3.05, 3.63) is 24.2 Å². The van der Waals surface area contributed by atoms with E-state index in [1.807, 2.05) is 12.1 Å². The lowest BCUT2D eigenvalue weighted by Gasteiger charge is -2.31. The van der Waals surface area contributed by atoms with E-state index in [0.717, 1.165) is 35.9 Å². The second-order valence-corrected chi connectivity index (χ2v) is 5.16. The van der Waals surface area contributed by atoms with Crippen LogP contribution in [-0.4, -0.2) is 39.5 Å². The fourth-order valence-electron chi connectivity index (χ4n) is 2.87. The Morgan fingerprint density at radius 2 is 2.44 bits per heavy atom. The molecule has 0 aromatic carbocycles. The first-order valence-electron chi connectivity index (χ1n) is 6.87. The van der Waals surface area contributed by atoms with Gasteiger partial charge in [0.25, 0.3) is 0 Å². The topological polar surface area (TPSA) is 44.8 Å². The molecule has 1 aliphatic heterocycles. The quantitative estimate of drug-likeness (QED) is 0.900. The fraction of sp³-hybridized carbons (Fsp3) is 0.571. The Morgan fingerprint density at radius 1 is 1.50 bits per heavy atom. The molecule has 1 N–H and O–H groups in total. The van der Waals surface area contributed by atoms with E-state index in [2.05, 4.69) is 26.8 Å². The van der Waals surface area contributed by atoms with Crippen molar-refractivity contribution in [2.75, 3.05) is 19.6 Å². The van der Waals surface area contributed by atoms with Crippen LogP contribution in [0.15, 0.2) is 18.3 Å². The molecule has 2 aromatic heterocycles. The van der Waals surface area contributed by atoms with Crippen molar-refractivity contribution in [1.82, 2.24) is 19.9 Å². The SMILES string of the molecule is CCN1CCCC(Cc2nc3ncccc3[nH]2)C1. The highest BCUT2D eigenvalue weighted by Gasteiger charge is 2.20. The number of hydrogen-bond acceptors (Lipinski definition) is 3. The van der Waals surface area contributed by atoms with Gasteiger partial charge in [0.1, 0.15) is 5.82 Å². The molecule has 18 heavy (non-hydrogen) atoms. The molecule has 1 atom stereocenters. The smallest absolute Gasteiger partial charge is 0.177 e. The monoisotopic (exact) mass is 244 g/mol. The van der Waals surface area contributed by atoms with Crippen molar-refractivity contribution in [2.24, 2.45) is 5.92 Å². The zero-order chi connectivity index (χ0) is 12.4. The molecule has 4 nitrogen and oxygen atoms in total. The van der Waals surface area contributed by atoms with Crippen LogP contribution in [0.2, 0.25) is 0 Å². The number of fused-ring (bicyclic) bond motifs is 1. The van der Waals surface area contributed by atoms with Crippen LogP contribution in [0.1, 0.15) is 25.6 Å². The first kappa shape index (κ1) is 11.7. The summed E-state index contributed by atoms with van der Waals surface area (Å²) < 4.78 is 0. The van der Waals surface area contributed by atoms with E-state index < -0.39 is 0 Å². The number of aromatic nitrogens is 3. The highest BCUT2D eigenvalue weighted by molar-refractivity contribution is 5.69. The summed E-state index contributed by atoms with van der Waals surface area (Å²) in [5.74, 6) is 1.82. The molecular formula is C14H20N4. The van der Waals surface area contributed by atoms with Gasteiger partial charge in [0.2, 0.25) is 0 Å². The second-order valence-electron chi connectivity index (χ2n) is 5.16. The molecule has 96 valence electrons. The average molecular weight is 244 g/mol. The lowest BCUT2D eigenvalue weighted by molar-refractivity contribution is 0.181. The van der Waals surface area contributed by atoms with E-state index in [0.29, 0.717) is 0 Å². The summed E-state index contributed by atoms with van der Waals surface area (Å²) >= 11 is 0. The molecule has 0 amide bonds. The molecule has 0 aliphatic carbocycles. The summed E-state index contributed by atoms with van der Waals surface area (Å²) in [7, 11) is 0. The number of piperidine rings is 1. The number of nitrogens with one attached hydrogen (secondary N) is 1. The summed E-state index contributed by atoms with van der Waals surface area (Å²) in [5.41, 5.74) is 1.89. The van der Waals surface area contributed by atoms with Gasteiger partial charge in [-0.1, -0.05) is 6.92 Å². The Balaban J connectivity index is 1.71. The number of aromatic amines is 1. The van der Waals surface area contributed by atoms with Gasteiger partial charge in [0.05, 0.1) is 5.52 Å². The van der Waals surface area contributed by atoms with Gasteiger partial charge < -0.3 is 9.88 Å². The van der Waals surface area contributed by atoms with Crippen molar-refractivity contribution < 1.29 is 0 Å². The molecule has 1 unspecified atom stereocenters. The largest absolute Gasteiger partial charge is 0.341 e. The lowest BCUT2D eigenvalue weighted by atomic mass is 9.94. The zero-order valence-corrected chi connectivity index (χ0v) is 10.9. The van der Waals surface area contributed by atoms with E-state index in [4.69, 9.17) is 0 Å². The Kier molecular flexibility index (Phi) is 3.28. The van der Waals surface area contributed by atoms with Crippen LogP contribution < -0.4 is 0 Å². The molecule has 2 aromatic rings. The summed E-state index contributed by atoms with van der Waals surface area (Å²) in [6, 6.07) is 3.99. The summed E-state index contributed by atoms with van der Waals surface area (Å²) in [5, 5.41) is 0. The first-order valence-corrected chi connectivity index (χ1v) is 6.87. The van der Waals surface area contributed by atoms with Gasteiger partial charge in [0, 0.05) is 19.2 Å². The third-order valence-electron chi connectivity index (χ3n) is 3.84. The normalized spacial score (nSPS) is 21.5. The number of imidazole rings is 1. The maximum Gasteiger partial charge on any atom is 0.177 e. The van der Waals surface area contributed by atoms with Crippen LogP contribution in [0.4, 0.5) is 0 Å². The number of likely N-dealkylation sites (tertiary alicyclic amines) is 1. The van der Waals surface area contributed by atoms with Gasteiger partial charge >= 0.3 is 0 Å². The van der Waals surface area contributed by atoms with Crippen LogP contribution in [0.3, 0.4) is 0 Å². The maximum absolute atomic E-state index is 4.57. The van der Waals surface area contributed by atoms with Crippen LogP contribution in [0.5, 0.6) is 0 Å². The minimum atomic E-state index is 0.735. The molecular weight excluding hydrogens is 224 g/mol. The minimum absolute atomic E-state index is 0.735. The molecule has 1 fully saturated rings. The predicted molar refractivity (Wildman–Crippen MR) is 72.4 cm³/mol. The van der Waals surface area contributed by atoms with Gasteiger partial charge in [-0.15, -0.1) is 0 Å². The van der Waals surface area contributed by atoms with Gasteiger partial charge in [-0.2, -0.15) is 0 Å². The van der Waals surface area contributed by atoms with Crippen LogP contribution in [-0.2, 0) is 6.42 Å². The van der Waals surface area contributed by atoms with Crippen LogP contribution in [0.25, 0.3) is 11.2 Å². The van der Waals surface area contributed by atoms with E-state index in [9.17, 15) is 0 Å². The zero-order valence-electron chi connectivity index (χ0n) is 10.9. The van der Waals surface area contributed by atoms with Crippen molar-refractivity contribution in [3.63, 3.8) is 0 Å². The Morgan fingerprint density at radius 3 is 3.28 bits per heavy atom. The van der Waals surface area contributed by atoms with E-state index >= 15 is 0 Å². The minimum Gasteiger partial charge on any atom is -0.341 e. The van der Waals surface area contributed by atoms with Gasteiger partial charge in [-0.25, -0.2) is 9.97 Å². The highest BCUT2D eigenvalue weighted by atomic mass is 15.1. The molecule has 1 saturated heterocycles. The highest BCUT2D eigenvalue weighted by Crippen LogP contribution is 2.20. The lowest BCUT2D eigenvalue weighted by Crippen LogP contribution is -2.36. The molecule has 0 spiro atoms. The summed E-state index contributed by atoms with van der Waals surface area (Å²) in [6.45, 7) is 5.88. The van der Waals surface area contributed by atoms with E-state index in [-0.39, 0.29) is 0 Å². The molecule has 0 bridgehead atoms. The molecule has 3 heterocycles.